The molecule has 3 rings (SSSR count). The van der Waals surface area contributed by atoms with Crippen LogP contribution in [0.4, 0.5) is 32.0 Å². The summed E-state index contributed by atoms with van der Waals surface area (Å²) in [6, 6.07) is 2.55. The summed E-state index contributed by atoms with van der Waals surface area (Å²) in [5.41, 5.74) is -2.42. The van der Waals surface area contributed by atoms with E-state index in [1.165, 1.54) is 0 Å². The van der Waals surface area contributed by atoms with Gasteiger partial charge >= 0.3 is 6.18 Å². The summed E-state index contributed by atoms with van der Waals surface area (Å²) in [4.78, 5) is 12.0. The molecule has 1 aromatic carbocycles. The van der Waals surface area contributed by atoms with Gasteiger partial charge in [-0.15, -0.1) is 0 Å². The predicted molar refractivity (Wildman–Crippen MR) is 102 cm³/mol. The van der Waals surface area contributed by atoms with Crippen LogP contribution in [0.1, 0.15) is 41.7 Å². The number of nitrogens with one attached hydrogen (secondary N) is 1. The van der Waals surface area contributed by atoms with Gasteiger partial charge in [-0.25, -0.2) is 21.6 Å². The molecule has 1 aliphatic rings. The molecule has 13 heteroatoms. The number of halogens is 6. The summed E-state index contributed by atoms with van der Waals surface area (Å²) >= 11 is 0. The van der Waals surface area contributed by atoms with Crippen LogP contribution in [0.3, 0.4) is 0 Å². The van der Waals surface area contributed by atoms with Gasteiger partial charge in [-0.3, -0.25) is 9.48 Å². The van der Waals surface area contributed by atoms with Crippen LogP contribution in [-0.4, -0.2) is 36.3 Å². The zero-order valence-corrected chi connectivity index (χ0v) is 17.5. The Kier molecular flexibility index (Phi) is 6.33. The van der Waals surface area contributed by atoms with E-state index in [2.05, 4.69) is 10.4 Å². The minimum absolute atomic E-state index is 0.0605. The van der Waals surface area contributed by atoms with Crippen molar-refractivity contribution in [3.63, 3.8) is 0 Å². The van der Waals surface area contributed by atoms with Gasteiger partial charge in [0, 0.05) is 31.3 Å². The van der Waals surface area contributed by atoms with Crippen LogP contribution in [0.2, 0.25) is 0 Å². The molecular weight excluding hydrogens is 464 g/mol. The maximum absolute atomic E-state index is 13.8. The van der Waals surface area contributed by atoms with Crippen molar-refractivity contribution in [2.75, 3.05) is 11.6 Å². The van der Waals surface area contributed by atoms with Gasteiger partial charge in [-0.2, -0.15) is 18.3 Å². The SMILES string of the molecule is CS(=O)(=O)c1cc(NC(=O)c2c(C(F)(F)F)cnn2CC2CCC(F)(F)CC2)ccc1F. The second-order valence-corrected chi connectivity index (χ2v) is 9.74. The number of alkyl halides is 5. The number of rotatable bonds is 5. The lowest BCUT2D eigenvalue weighted by molar-refractivity contribution is -0.138. The van der Waals surface area contributed by atoms with E-state index in [4.69, 9.17) is 0 Å². The first-order chi connectivity index (χ1) is 14.7. The fraction of sp³-hybridized carbons (Fsp3) is 0.474. The first kappa shape index (κ1) is 24.1. The number of sulfone groups is 1. The molecule has 0 spiro atoms. The maximum Gasteiger partial charge on any atom is 0.420 e. The molecule has 1 N–H and O–H groups in total. The zero-order chi connectivity index (χ0) is 23.9. The lowest BCUT2D eigenvalue weighted by Crippen LogP contribution is -2.29. The highest BCUT2D eigenvalue weighted by Gasteiger charge is 2.40. The van der Waals surface area contributed by atoms with E-state index in [-0.39, 0.29) is 25.1 Å². The van der Waals surface area contributed by atoms with Crippen molar-refractivity contribution in [3.8, 4) is 0 Å². The van der Waals surface area contributed by atoms with Crippen LogP contribution in [0.15, 0.2) is 29.3 Å². The molecule has 1 amide bonds. The predicted octanol–water partition coefficient (Wildman–Crippen LogP) is 4.52. The van der Waals surface area contributed by atoms with Crippen molar-refractivity contribution in [2.24, 2.45) is 5.92 Å². The first-order valence-corrected chi connectivity index (χ1v) is 11.4. The second-order valence-electron chi connectivity index (χ2n) is 7.76. The number of benzene rings is 1. The van der Waals surface area contributed by atoms with Gasteiger partial charge in [0.25, 0.3) is 5.91 Å². The highest BCUT2D eigenvalue weighted by atomic mass is 32.2. The topological polar surface area (TPSA) is 81.1 Å². The van der Waals surface area contributed by atoms with Crippen LogP contribution in [0.25, 0.3) is 0 Å². The highest BCUT2D eigenvalue weighted by molar-refractivity contribution is 7.90. The zero-order valence-electron chi connectivity index (χ0n) is 16.7. The maximum atomic E-state index is 13.8. The highest BCUT2D eigenvalue weighted by Crippen LogP contribution is 2.38. The molecular formula is C19H19F6N3O3S. The first-order valence-electron chi connectivity index (χ1n) is 9.49. The van der Waals surface area contributed by atoms with Crippen LogP contribution >= 0.6 is 0 Å². The Balaban J connectivity index is 1.90. The van der Waals surface area contributed by atoms with Crippen molar-refractivity contribution < 1.29 is 39.6 Å². The average molecular weight is 483 g/mol. The van der Waals surface area contributed by atoms with Crippen molar-refractivity contribution in [3.05, 3.63) is 41.5 Å². The Morgan fingerprint density at radius 2 is 1.88 bits per heavy atom. The minimum atomic E-state index is -4.93. The molecule has 1 aliphatic carbocycles. The molecule has 0 aliphatic heterocycles. The number of anilines is 1. The summed E-state index contributed by atoms with van der Waals surface area (Å²) in [7, 11) is -4.00. The van der Waals surface area contributed by atoms with Gasteiger partial charge in [-0.1, -0.05) is 0 Å². The van der Waals surface area contributed by atoms with Crippen molar-refractivity contribution in [2.45, 2.75) is 49.2 Å². The lowest BCUT2D eigenvalue weighted by atomic mass is 9.87. The third-order valence-electron chi connectivity index (χ3n) is 5.22. The van der Waals surface area contributed by atoms with Crippen molar-refractivity contribution in [1.29, 1.82) is 0 Å². The molecule has 0 atom stereocenters. The van der Waals surface area contributed by atoms with Gasteiger partial charge in [0.05, 0.1) is 6.20 Å². The number of aromatic nitrogens is 2. The largest absolute Gasteiger partial charge is 0.420 e. The van der Waals surface area contributed by atoms with Gasteiger partial charge in [0.1, 0.15) is 22.0 Å². The second kappa shape index (κ2) is 8.41. The summed E-state index contributed by atoms with van der Waals surface area (Å²) in [6.45, 7) is -0.174. The molecule has 0 saturated heterocycles. The minimum Gasteiger partial charge on any atom is -0.321 e. The van der Waals surface area contributed by atoms with E-state index in [1.807, 2.05) is 0 Å². The summed E-state index contributed by atoms with van der Waals surface area (Å²) in [6.07, 6.45) is -4.41. The quantitative estimate of drug-likeness (QED) is 0.634. The van der Waals surface area contributed by atoms with Gasteiger partial charge in [-0.05, 0) is 37.0 Å². The smallest absolute Gasteiger partial charge is 0.321 e. The monoisotopic (exact) mass is 483 g/mol. The van der Waals surface area contributed by atoms with Crippen LogP contribution in [0, 0.1) is 11.7 Å². The lowest BCUT2D eigenvalue weighted by Gasteiger charge is -2.28. The molecule has 6 nitrogen and oxygen atoms in total. The molecule has 2 aromatic rings. The van der Waals surface area contributed by atoms with Gasteiger partial charge in [0.2, 0.25) is 5.92 Å². The Morgan fingerprint density at radius 1 is 1.25 bits per heavy atom. The number of carbonyl (C=O) groups excluding carboxylic acids is 1. The fourth-order valence-electron chi connectivity index (χ4n) is 3.55. The molecule has 1 aromatic heterocycles. The molecule has 1 heterocycles. The molecule has 0 unspecified atom stereocenters. The molecule has 1 fully saturated rings. The van der Waals surface area contributed by atoms with E-state index >= 15 is 0 Å². The Morgan fingerprint density at radius 3 is 2.44 bits per heavy atom. The summed E-state index contributed by atoms with van der Waals surface area (Å²) in [5.74, 6) is -5.55. The van der Waals surface area contributed by atoms with E-state index in [9.17, 15) is 39.6 Å². The van der Waals surface area contributed by atoms with Crippen LogP contribution < -0.4 is 5.32 Å². The number of nitrogens with zero attached hydrogens (tertiary/aromatic N) is 2. The Hall–Kier alpha value is -2.57. The number of hydrogen-bond acceptors (Lipinski definition) is 4. The average Bonchev–Trinajstić information content (AvgIpc) is 3.08. The Labute approximate surface area is 179 Å². The van der Waals surface area contributed by atoms with Crippen LogP contribution in [0.5, 0.6) is 0 Å². The number of carbonyl (C=O) groups is 1. The van der Waals surface area contributed by atoms with Crippen molar-refractivity contribution in [1.82, 2.24) is 9.78 Å². The van der Waals surface area contributed by atoms with E-state index < -0.39 is 68.6 Å². The third kappa shape index (κ3) is 5.43. The third-order valence-corrected chi connectivity index (χ3v) is 6.33. The van der Waals surface area contributed by atoms with Gasteiger partial charge in [0.15, 0.2) is 9.84 Å². The number of hydrogen-bond donors (Lipinski definition) is 1. The molecule has 32 heavy (non-hydrogen) atoms. The standard InChI is InChI=1S/C19H19F6N3O3S/c1-32(30,31)15-8-12(2-3-14(15)20)27-17(29)16-13(19(23,24)25)9-26-28(16)10-11-4-6-18(21,22)7-5-11/h2-3,8-9,11H,4-7,10H2,1H3,(H,27,29). The van der Waals surface area contributed by atoms with Crippen molar-refractivity contribution >= 4 is 21.4 Å². The summed E-state index contributed by atoms with van der Waals surface area (Å²) < 4.78 is 105. The summed E-state index contributed by atoms with van der Waals surface area (Å²) in [5, 5.41) is 5.78. The van der Waals surface area contributed by atoms with E-state index in [0.717, 1.165) is 29.1 Å². The molecule has 176 valence electrons. The molecule has 0 radical (unpaired) electrons. The van der Waals surface area contributed by atoms with Crippen LogP contribution in [-0.2, 0) is 22.6 Å². The van der Waals surface area contributed by atoms with E-state index in [1.54, 1.807) is 0 Å². The molecule has 0 bridgehead atoms. The Bertz CT molecular complexity index is 1120. The molecule has 1 saturated carbocycles. The normalized spacial score (nSPS) is 17.3. The van der Waals surface area contributed by atoms with E-state index in [0.29, 0.717) is 6.20 Å². The fourth-order valence-corrected chi connectivity index (χ4v) is 4.32. The van der Waals surface area contributed by atoms with Gasteiger partial charge < -0.3 is 5.32 Å². The number of amides is 1.